The second-order valence-electron chi connectivity index (χ2n) is 5.33. The van der Waals surface area contributed by atoms with E-state index in [0.717, 1.165) is 0 Å². The van der Waals surface area contributed by atoms with Gasteiger partial charge >= 0.3 is 0 Å². The van der Waals surface area contributed by atoms with Crippen LogP contribution < -0.4 is 10.7 Å². The van der Waals surface area contributed by atoms with Crippen LogP contribution in [0.1, 0.15) is 5.56 Å². The number of phenols is 1. The van der Waals surface area contributed by atoms with Crippen LogP contribution in [0.25, 0.3) is 22.1 Å². The van der Waals surface area contributed by atoms with Crippen molar-refractivity contribution in [3.63, 3.8) is 0 Å². The molecule has 132 valence electrons. The summed E-state index contributed by atoms with van der Waals surface area (Å²) >= 11 is 0. The van der Waals surface area contributed by atoms with E-state index in [9.17, 15) is 14.3 Å². The van der Waals surface area contributed by atoms with Crippen LogP contribution in [0.3, 0.4) is 0 Å². The van der Waals surface area contributed by atoms with Crippen molar-refractivity contribution >= 4 is 23.4 Å². The van der Waals surface area contributed by atoms with E-state index in [1.165, 1.54) is 42.7 Å². The number of fused-ring (bicyclic) bond motifs is 1. The van der Waals surface area contributed by atoms with Gasteiger partial charge in [-0.05, 0) is 29.8 Å². The Balaban J connectivity index is 0.00000225. The Morgan fingerprint density at radius 2 is 1.84 bits per heavy atom. The molecule has 0 saturated carbocycles. The molecule has 0 radical (unpaired) electrons. The van der Waals surface area contributed by atoms with E-state index in [1.54, 1.807) is 0 Å². The summed E-state index contributed by atoms with van der Waals surface area (Å²) in [6.07, 6.45) is 1.31. The van der Waals surface area contributed by atoms with E-state index < -0.39 is 0 Å². The van der Waals surface area contributed by atoms with Crippen molar-refractivity contribution in [3.05, 3.63) is 64.3 Å². The van der Waals surface area contributed by atoms with Crippen LogP contribution in [0.4, 0.5) is 4.39 Å². The molecule has 2 aromatic carbocycles. The molecule has 3 aromatic rings. The van der Waals surface area contributed by atoms with Crippen molar-refractivity contribution in [2.24, 2.45) is 0 Å². The molecule has 25 heavy (non-hydrogen) atoms. The zero-order valence-electron chi connectivity index (χ0n) is 13.2. The molecule has 3 rings (SSSR count). The fourth-order valence-electron chi connectivity index (χ4n) is 2.54. The number of rotatable bonds is 5. The quantitative estimate of drug-likeness (QED) is 0.606. The molecule has 0 unspecified atom stereocenters. The Morgan fingerprint density at radius 1 is 1.12 bits per heavy atom. The van der Waals surface area contributed by atoms with E-state index in [4.69, 9.17) is 9.52 Å². The average Bonchev–Trinajstić information content (AvgIpc) is 2.58. The highest BCUT2D eigenvalue weighted by atomic mass is 35.5. The normalized spacial score (nSPS) is 10.6. The molecule has 0 bridgehead atoms. The lowest BCUT2D eigenvalue weighted by atomic mass is 10.0. The van der Waals surface area contributed by atoms with Gasteiger partial charge in [0.25, 0.3) is 0 Å². The molecular weight excluding hydrogens is 349 g/mol. The molecule has 0 fully saturated rings. The fourth-order valence-corrected chi connectivity index (χ4v) is 2.54. The minimum absolute atomic E-state index is 0. The first-order valence-corrected chi connectivity index (χ1v) is 7.45. The van der Waals surface area contributed by atoms with Crippen molar-refractivity contribution in [3.8, 4) is 16.9 Å². The van der Waals surface area contributed by atoms with Crippen LogP contribution in [0, 0.1) is 5.82 Å². The van der Waals surface area contributed by atoms with E-state index in [1.807, 2.05) is 0 Å². The number of aliphatic hydroxyl groups is 1. The number of halogens is 2. The lowest BCUT2D eigenvalue weighted by Crippen LogP contribution is -2.18. The van der Waals surface area contributed by atoms with Crippen LogP contribution in [-0.2, 0) is 6.54 Å². The SMILES string of the molecule is Cl.O=c1c(-c2ccc(F)cc2)coc2c(CNCCO)c(O)ccc12. The summed E-state index contributed by atoms with van der Waals surface area (Å²) in [5.74, 6) is -0.378. The molecular formula is C18H17ClFNO4. The van der Waals surface area contributed by atoms with Crippen LogP contribution >= 0.6 is 12.4 Å². The topological polar surface area (TPSA) is 82.7 Å². The number of hydrogen-bond acceptors (Lipinski definition) is 5. The van der Waals surface area contributed by atoms with Gasteiger partial charge in [0.15, 0.2) is 0 Å². The molecule has 0 atom stereocenters. The predicted octanol–water partition coefficient (Wildman–Crippen LogP) is 2.81. The zero-order chi connectivity index (χ0) is 17.1. The maximum absolute atomic E-state index is 13.0. The van der Waals surface area contributed by atoms with Crippen molar-refractivity contribution in [1.29, 1.82) is 0 Å². The summed E-state index contributed by atoms with van der Waals surface area (Å²) in [6.45, 7) is 0.570. The summed E-state index contributed by atoms with van der Waals surface area (Å²) in [6, 6.07) is 8.51. The number of aromatic hydroxyl groups is 1. The summed E-state index contributed by atoms with van der Waals surface area (Å²) in [4.78, 5) is 12.7. The lowest BCUT2D eigenvalue weighted by Gasteiger charge is -2.10. The number of phenolic OH excluding ortho intramolecular Hbond substituents is 1. The number of aliphatic hydroxyl groups excluding tert-OH is 1. The Kier molecular flexibility index (Phi) is 6.14. The number of benzene rings is 2. The zero-order valence-corrected chi connectivity index (χ0v) is 14.0. The van der Waals surface area contributed by atoms with Crippen molar-refractivity contribution in [2.45, 2.75) is 6.54 Å². The van der Waals surface area contributed by atoms with E-state index in [0.29, 0.717) is 28.6 Å². The fraction of sp³-hybridized carbons (Fsp3) is 0.167. The van der Waals surface area contributed by atoms with Crippen molar-refractivity contribution in [1.82, 2.24) is 5.32 Å². The second kappa shape index (κ2) is 8.11. The third kappa shape index (κ3) is 3.82. The molecule has 0 aliphatic carbocycles. The Labute approximate surface area is 149 Å². The van der Waals surface area contributed by atoms with Gasteiger partial charge in [-0.3, -0.25) is 4.79 Å². The summed E-state index contributed by atoms with van der Waals surface area (Å²) < 4.78 is 18.6. The third-order valence-electron chi connectivity index (χ3n) is 3.77. The lowest BCUT2D eigenvalue weighted by molar-refractivity contribution is 0.291. The number of hydrogen-bond donors (Lipinski definition) is 3. The Bertz CT molecular complexity index is 925. The van der Waals surface area contributed by atoms with Crippen LogP contribution in [0.5, 0.6) is 5.75 Å². The summed E-state index contributed by atoms with van der Waals surface area (Å²) in [7, 11) is 0. The van der Waals surface area contributed by atoms with E-state index >= 15 is 0 Å². The molecule has 1 heterocycles. The van der Waals surface area contributed by atoms with Gasteiger partial charge in [-0.25, -0.2) is 4.39 Å². The van der Waals surface area contributed by atoms with E-state index in [2.05, 4.69) is 5.32 Å². The Hall–Kier alpha value is -2.41. The Morgan fingerprint density at radius 3 is 2.52 bits per heavy atom. The highest BCUT2D eigenvalue weighted by molar-refractivity contribution is 5.86. The summed E-state index contributed by atoms with van der Waals surface area (Å²) in [5.41, 5.74) is 1.36. The van der Waals surface area contributed by atoms with Gasteiger partial charge < -0.3 is 19.9 Å². The van der Waals surface area contributed by atoms with Crippen LogP contribution in [0.2, 0.25) is 0 Å². The summed E-state index contributed by atoms with van der Waals surface area (Å²) in [5, 5.41) is 22.1. The molecule has 3 N–H and O–H groups in total. The third-order valence-corrected chi connectivity index (χ3v) is 3.77. The molecule has 0 amide bonds. The van der Waals surface area contributed by atoms with Gasteiger partial charge in [-0.1, -0.05) is 12.1 Å². The van der Waals surface area contributed by atoms with Gasteiger partial charge in [0.1, 0.15) is 23.4 Å². The average molecular weight is 366 g/mol. The monoisotopic (exact) mass is 365 g/mol. The molecule has 5 nitrogen and oxygen atoms in total. The number of nitrogens with one attached hydrogen (secondary N) is 1. The minimum atomic E-state index is -0.383. The van der Waals surface area contributed by atoms with Crippen molar-refractivity contribution in [2.75, 3.05) is 13.2 Å². The van der Waals surface area contributed by atoms with Gasteiger partial charge in [-0.2, -0.15) is 0 Å². The maximum atomic E-state index is 13.0. The second-order valence-corrected chi connectivity index (χ2v) is 5.33. The van der Waals surface area contributed by atoms with Gasteiger partial charge in [0.2, 0.25) is 5.43 Å². The molecule has 0 aliphatic heterocycles. The maximum Gasteiger partial charge on any atom is 0.200 e. The highest BCUT2D eigenvalue weighted by Gasteiger charge is 2.14. The minimum Gasteiger partial charge on any atom is -0.507 e. The largest absolute Gasteiger partial charge is 0.507 e. The smallest absolute Gasteiger partial charge is 0.200 e. The first-order chi connectivity index (χ1) is 11.6. The van der Waals surface area contributed by atoms with Gasteiger partial charge in [-0.15, -0.1) is 12.4 Å². The molecule has 0 saturated heterocycles. The standard InChI is InChI=1S/C18H16FNO4.ClH/c19-12-3-1-11(2-4-12)15-10-24-18-13(17(15)23)5-6-16(22)14(18)9-20-7-8-21;/h1-6,10,20-22H,7-9H2;1H. The molecule has 0 aliphatic rings. The predicted molar refractivity (Wildman–Crippen MR) is 95.6 cm³/mol. The highest BCUT2D eigenvalue weighted by Crippen LogP contribution is 2.27. The first-order valence-electron chi connectivity index (χ1n) is 7.45. The molecule has 1 aromatic heterocycles. The van der Waals surface area contributed by atoms with Crippen molar-refractivity contribution < 1.29 is 19.0 Å². The molecule has 7 heteroatoms. The van der Waals surface area contributed by atoms with Gasteiger partial charge in [0.05, 0.1) is 23.1 Å². The first kappa shape index (κ1) is 18.9. The van der Waals surface area contributed by atoms with Gasteiger partial charge in [0, 0.05) is 13.1 Å². The van der Waals surface area contributed by atoms with Crippen LogP contribution in [0.15, 0.2) is 51.9 Å². The van der Waals surface area contributed by atoms with E-state index in [-0.39, 0.29) is 48.1 Å². The van der Waals surface area contributed by atoms with Crippen LogP contribution in [-0.4, -0.2) is 23.4 Å². The molecule has 0 spiro atoms.